The number of ether oxygens (including phenoxy) is 4. The standard InChI is InChI=1S/C21H33NO7/c1-20(2,3)29-19(25)22-15(12-26-11-14-9-7-6-8-10-14)17(23)18(24)16-13-27-21(4,5)28-16/h6-10,15-18,23-24H,11-13H2,1-5H3,(H,22,25)/t15-,16+,17+,18+/m1/s1. The smallest absolute Gasteiger partial charge is 0.408 e. The summed E-state index contributed by atoms with van der Waals surface area (Å²) in [7, 11) is 0. The number of alkyl carbamates (subject to hydrolysis) is 1. The van der Waals surface area contributed by atoms with Crippen molar-refractivity contribution >= 4 is 6.09 Å². The third kappa shape index (κ3) is 7.91. The van der Waals surface area contributed by atoms with Gasteiger partial charge in [-0.2, -0.15) is 0 Å². The van der Waals surface area contributed by atoms with Crippen LogP contribution in [-0.4, -0.2) is 65.3 Å². The van der Waals surface area contributed by atoms with Gasteiger partial charge in [0.1, 0.15) is 23.9 Å². The summed E-state index contributed by atoms with van der Waals surface area (Å²) in [6.07, 6.45) is -4.06. The molecule has 164 valence electrons. The predicted molar refractivity (Wildman–Crippen MR) is 106 cm³/mol. The van der Waals surface area contributed by atoms with Crippen molar-refractivity contribution in [3.05, 3.63) is 35.9 Å². The van der Waals surface area contributed by atoms with Crippen LogP contribution in [-0.2, 0) is 25.6 Å². The number of nitrogens with one attached hydrogen (secondary N) is 1. The zero-order valence-corrected chi connectivity index (χ0v) is 17.8. The average molecular weight is 411 g/mol. The summed E-state index contributed by atoms with van der Waals surface area (Å²) in [6.45, 7) is 9.08. The van der Waals surface area contributed by atoms with Gasteiger partial charge in [0.05, 0.1) is 25.9 Å². The lowest BCUT2D eigenvalue weighted by Gasteiger charge is -2.31. The summed E-state index contributed by atoms with van der Waals surface area (Å²) in [5.41, 5.74) is 0.253. The molecule has 1 aromatic carbocycles. The summed E-state index contributed by atoms with van der Waals surface area (Å²) in [5.74, 6) is -0.844. The van der Waals surface area contributed by atoms with Gasteiger partial charge in [0.15, 0.2) is 5.79 Å². The summed E-state index contributed by atoms with van der Waals surface area (Å²) in [6, 6.07) is 8.61. The van der Waals surface area contributed by atoms with Crippen molar-refractivity contribution in [2.75, 3.05) is 13.2 Å². The first kappa shape index (κ1) is 23.6. The minimum atomic E-state index is -1.35. The fourth-order valence-electron chi connectivity index (χ4n) is 2.90. The number of amides is 1. The molecule has 0 aromatic heterocycles. The zero-order chi connectivity index (χ0) is 21.7. The molecule has 0 bridgehead atoms. The Hall–Kier alpha value is -1.71. The van der Waals surface area contributed by atoms with Crippen molar-refractivity contribution < 1.29 is 34.0 Å². The van der Waals surface area contributed by atoms with Gasteiger partial charge >= 0.3 is 6.09 Å². The molecule has 1 saturated heterocycles. The Labute approximate surface area is 172 Å². The van der Waals surface area contributed by atoms with Gasteiger partial charge in [-0.3, -0.25) is 0 Å². The van der Waals surface area contributed by atoms with Gasteiger partial charge in [-0.25, -0.2) is 4.79 Å². The molecule has 1 amide bonds. The number of hydrogen-bond donors (Lipinski definition) is 3. The number of aliphatic hydroxyl groups is 2. The first-order valence-electron chi connectivity index (χ1n) is 9.76. The molecule has 1 fully saturated rings. The molecule has 8 heteroatoms. The lowest BCUT2D eigenvalue weighted by molar-refractivity contribution is -0.163. The second-order valence-electron chi connectivity index (χ2n) is 8.60. The number of hydrogen-bond acceptors (Lipinski definition) is 7. The SMILES string of the molecule is CC(C)(C)OC(=O)N[C@H](COCc1ccccc1)[C@H](O)[C@@H](O)[C@@H]1COC(C)(C)O1. The largest absolute Gasteiger partial charge is 0.444 e. The molecule has 0 spiro atoms. The Kier molecular flexibility index (Phi) is 8.02. The average Bonchev–Trinajstić information content (AvgIpc) is 2.99. The first-order chi connectivity index (χ1) is 13.5. The van der Waals surface area contributed by atoms with Crippen LogP contribution in [0, 0.1) is 0 Å². The van der Waals surface area contributed by atoms with Gasteiger partial charge in [0.2, 0.25) is 0 Å². The molecule has 0 radical (unpaired) electrons. The lowest BCUT2D eigenvalue weighted by Crippen LogP contribution is -2.55. The molecular formula is C21H33NO7. The molecule has 29 heavy (non-hydrogen) atoms. The van der Waals surface area contributed by atoms with E-state index in [2.05, 4.69) is 5.32 Å². The highest BCUT2D eigenvalue weighted by atomic mass is 16.7. The molecule has 1 aliphatic heterocycles. The van der Waals surface area contributed by atoms with Crippen LogP contribution in [0.5, 0.6) is 0 Å². The van der Waals surface area contributed by atoms with E-state index < -0.39 is 41.8 Å². The van der Waals surface area contributed by atoms with Gasteiger partial charge in [0, 0.05) is 0 Å². The van der Waals surface area contributed by atoms with Gasteiger partial charge in [0.25, 0.3) is 0 Å². The fourth-order valence-corrected chi connectivity index (χ4v) is 2.90. The summed E-state index contributed by atoms with van der Waals surface area (Å²) < 4.78 is 22.0. The number of carbonyl (C=O) groups excluding carboxylic acids is 1. The van der Waals surface area contributed by atoms with Crippen LogP contribution in [0.15, 0.2) is 30.3 Å². The molecule has 3 N–H and O–H groups in total. The summed E-state index contributed by atoms with van der Waals surface area (Å²) in [5, 5.41) is 23.9. The maximum absolute atomic E-state index is 12.2. The van der Waals surface area contributed by atoms with E-state index in [0.717, 1.165) is 5.56 Å². The van der Waals surface area contributed by atoms with Crippen LogP contribution in [0.3, 0.4) is 0 Å². The van der Waals surface area contributed by atoms with Crippen molar-refractivity contribution in [3.63, 3.8) is 0 Å². The van der Waals surface area contributed by atoms with E-state index in [-0.39, 0.29) is 13.2 Å². The molecular weight excluding hydrogens is 378 g/mol. The van der Waals surface area contributed by atoms with Crippen molar-refractivity contribution in [1.82, 2.24) is 5.32 Å². The van der Waals surface area contributed by atoms with Gasteiger partial charge in [-0.05, 0) is 40.2 Å². The highest BCUT2D eigenvalue weighted by molar-refractivity contribution is 5.68. The Morgan fingerprint density at radius 1 is 1.28 bits per heavy atom. The van der Waals surface area contributed by atoms with Crippen molar-refractivity contribution in [1.29, 1.82) is 0 Å². The monoisotopic (exact) mass is 411 g/mol. The molecule has 0 saturated carbocycles. The highest BCUT2D eigenvalue weighted by Gasteiger charge is 2.42. The highest BCUT2D eigenvalue weighted by Crippen LogP contribution is 2.26. The minimum absolute atomic E-state index is 0.0245. The molecule has 1 aliphatic rings. The normalized spacial score (nSPS) is 22.0. The molecule has 2 rings (SSSR count). The number of rotatable bonds is 8. The van der Waals surface area contributed by atoms with E-state index >= 15 is 0 Å². The zero-order valence-electron chi connectivity index (χ0n) is 17.8. The van der Waals surface area contributed by atoms with Crippen LogP contribution >= 0.6 is 0 Å². The van der Waals surface area contributed by atoms with E-state index in [1.54, 1.807) is 34.6 Å². The molecule has 0 aliphatic carbocycles. The topological polar surface area (TPSA) is 106 Å². The Morgan fingerprint density at radius 2 is 1.93 bits per heavy atom. The Balaban J connectivity index is 2.00. The van der Waals surface area contributed by atoms with Crippen LogP contribution in [0.2, 0.25) is 0 Å². The van der Waals surface area contributed by atoms with E-state index in [1.807, 2.05) is 30.3 Å². The van der Waals surface area contributed by atoms with Crippen molar-refractivity contribution in [2.45, 2.75) is 77.0 Å². The van der Waals surface area contributed by atoms with E-state index in [4.69, 9.17) is 18.9 Å². The van der Waals surface area contributed by atoms with E-state index in [9.17, 15) is 15.0 Å². The molecule has 1 aromatic rings. The van der Waals surface area contributed by atoms with Gasteiger partial charge < -0.3 is 34.5 Å². The molecule has 0 unspecified atom stereocenters. The van der Waals surface area contributed by atoms with Crippen molar-refractivity contribution in [3.8, 4) is 0 Å². The predicted octanol–water partition coefficient (Wildman–Crippen LogP) is 1.97. The Bertz CT molecular complexity index is 644. The lowest BCUT2D eigenvalue weighted by atomic mass is 10.0. The maximum Gasteiger partial charge on any atom is 0.408 e. The number of aliphatic hydroxyl groups excluding tert-OH is 2. The maximum atomic E-state index is 12.2. The molecule has 4 atom stereocenters. The fraction of sp³-hybridized carbons (Fsp3) is 0.667. The van der Waals surface area contributed by atoms with Crippen LogP contribution in [0.25, 0.3) is 0 Å². The minimum Gasteiger partial charge on any atom is -0.444 e. The van der Waals surface area contributed by atoms with Gasteiger partial charge in [-0.15, -0.1) is 0 Å². The number of benzene rings is 1. The number of carbonyl (C=O) groups is 1. The van der Waals surface area contributed by atoms with Crippen molar-refractivity contribution in [2.24, 2.45) is 0 Å². The summed E-state index contributed by atoms with van der Waals surface area (Å²) in [4.78, 5) is 12.2. The summed E-state index contributed by atoms with van der Waals surface area (Å²) >= 11 is 0. The molecule has 8 nitrogen and oxygen atoms in total. The van der Waals surface area contributed by atoms with E-state index in [1.165, 1.54) is 0 Å². The third-order valence-corrected chi connectivity index (χ3v) is 4.28. The second-order valence-corrected chi connectivity index (χ2v) is 8.60. The molecule has 1 heterocycles. The first-order valence-corrected chi connectivity index (χ1v) is 9.76. The van der Waals surface area contributed by atoms with Crippen LogP contribution in [0.1, 0.15) is 40.2 Å². The second kappa shape index (κ2) is 9.86. The van der Waals surface area contributed by atoms with Gasteiger partial charge in [-0.1, -0.05) is 30.3 Å². The van der Waals surface area contributed by atoms with Crippen LogP contribution < -0.4 is 5.32 Å². The Morgan fingerprint density at radius 3 is 2.48 bits per heavy atom. The third-order valence-electron chi connectivity index (χ3n) is 4.28. The quantitative estimate of drug-likeness (QED) is 0.600. The van der Waals surface area contributed by atoms with Crippen LogP contribution in [0.4, 0.5) is 4.79 Å². The van der Waals surface area contributed by atoms with E-state index in [0.29, 0.717) is 6.61 Å².